The Morgan fingerprint density at radius 3 is 2.39 bits per heavy atom. The number of hydrogen-bond donors (Lipinski definition) is 0. The van der Waals surface area contributed by atoms with E-state index < -0.39 is 0 Å². The molecule has 3 aromatic carbocycles. The number of aryl methyl sites for hydroxylation is 2. The molecular formula is C24H21N3O. The molecule has 2 heterocycles. The lowest BCUT2D eigenvalue weighted by atomic mass is 10.1. The Hall–Kier alpha value is -3.40. The molecule has 0 fully saturated rings. The first-order valence-electron chi connectivity index (χ1n) is 9.63. The van der Waals surface area contributed by atoms with Crippen LogP contribution in [0.4, 0.5) is 0 Å². The molecule has 5 rings (SSSR count). The van der Waals surface area contributed by atoms with Gasteiger partial charge < -0.3 is 9.30 Å². The first-order chi connectivity index (χ1) is 13.8. The van der Waals surface area contributed by atoms with Gasteiger partial charge in [-0.1, -0.05) is 48.5 Å². The summed E-state index contributed by atoms with van der Waals surface area (Å²) < 4.78 is 8.18. The molecule has 5 aromatic rings. The van der Waals surface area contributed by atoms with E-state index in [9.17, 15) is 0 Å². The molecule has 28 heavy (non-hydrogen) atoms. The van der Waals surface area contributed by atoms with Gasteiger partial charge in [0.15, 0.2) is 5.65 Å². The van der Waals surface area contributed by atoms with Crippen molar-refractivity contribution in [2.75, 3.05) is 6.61 Å². The third-order valence-corrected chi connectivity index (χ3v) is 5.11. The average molecular weight is 367 g/mol. The van der Waals surface area contributed by atoms with E-state index in [-0.39, 0.29) is 0 Å². The Balaban J connectivity index is 1.54. The molecule has 0 amide bonds. The Morgan fingerprint density at radius 1 is 0.821 bits per heavy atom. The topological polar surface area (TPSA) is 39.9 Å². The minimum atomic E-state index is 0.665. The van der Waals surface area contributed by atoms with Gasteiger partial charge in [0.2, 0.25) is 0 Å². The van der Waals surface area contributed by atoms with Crippen LogP contribution in [0.2, 0.25) is 0 Å². The van der Waals surface area contributed by atoms with Gasteiger partial charge >= 0.3 is 0 Å². The zero-order chi connectivity index (χ0) is 18.9. The van der Waals surface area contributed by atoms with Crippen molar-refractivity contribution >= 4 is 33.1 Å². The molecule has 0 atom stereocenters. The summed E-state index contributed by atoms with van der Waals surface area (Å²) in [4.78, 5) is 9.88. The molecule has 0 aliphatic heterocycles. The van der Waals surface area contributed by atoms with E-state index in [2.05, 4.69) is 29.7 Å². The highest BCUT2D eigenvalue weighted by molar-refractivity contribution is 6.07. The van der Waals surface area contributed by atoms with E-state index >= 15 is 0 Å². The van der Waals surface area contributed by atoms with Crippen molar-refractivity contribution in [1.29, 1.82) is 0 Å². The molecule has 2 aromatic heterocycles. The molecule has 0 saturated carbocycles. The number of hydrogen-bond acceptors (Lipinski definition) is 3. The van der Waals surface area contributed by atoms with Crippen LogP contribution in [-0.4, -0.2) is 21.1 Å². The fourth-order valence-corrected chi connectivity index (χ4v) is 3.82. The van der Waals surface area contributed by atoms with Crippen molar-refractivity contribution in [3.63, 3.8) is 0 Å². The van der Waals surface area contributed by atoms with Crippen LogP contribution in [0, 0.1) is 6.92 Å². The number of rotatable bonds is 5. The summed E-state index contributed by atoms with van der Waals surface area (Å²) in [6, 6.07) is 24.4. The Bertz CT molecular complexity index is 1280. The van der Waals surface area contributed by atoms with Gasteiger partial charge in [-0.2, -0.15) is 0 Å². The molecule has 0 unspecified atom stereocenters. The normalized spacial score (nSPS) is 11.5. The quantitative estimate of drug-likeness (QED) is 0.384. The molecule has 0 bridgehead atoms. The molecule has 138 valence electrons. The third kappa shape index (κ3) is 2.87. The summed E-state index contributed by atoms with van der Waals surface area (Å²) in [6.07, 6.45) is 0.899. The largest absolute Gasteiger partial charge is 0.494 e. The van der Waals surface area contributed by atoms with Crippen molar-refractivity contribution in [3.8, 4) is 5.75 Å². The lowest BCUT2D eigenvalue weighted by Gasteiger charge is -2.10. The summed E-state index contributed by atoms with van der Waals surface area (Å²) in [5, 5.41) is 1.16. The average Bonchev–Trinajstić information content (AvgIpc) is 3.04. The van der Waals surface area contributed by atoms with Crippen LogP contribution in [0.5, 0.6) is 5.75 Å². The van der Waals surface area contributed by atoms with E-state index in [0.29, 0.717) is 6.61 Å². The molecule has 4 nitrogen and oxygen atoms in total. The SMILES string of the molecule is Cc1cccc2c3nc4ccccc4nc3n(CCCOc3ccccc3)c12. The van der Waals surface area contributed by atoms with Crippen LogP contribution >= 0.6 is 0 Å². The Labute approximate surface area is 163 Å². The van der Waals surface area contributed by atoms with Gasteiger partial charge in [-0.15, -0.1) is 0 Å². The van der Waals surface area contributed by atoms with Crippen LogP contribution in [-0.2, 0) is 6.54 Å². The van der Waals surface area contributed by atoms with Crippen molar-refractivity contribution in [2.45, 2.75) is 19.9 Å². The summed E-state index contributed by atoms with van der Waals surface area (Å²) in [5.41, 5.74) is 6.24. The predicted octanol–water partition coefficient (Wildman–Crippen LogP) is 5.52. The molecule has 0 aliphatic carbocycles. The predicted molar refractivity (Wildman–Crippen MR) is 114 cm³/mol. The van der Waals surface area contributed by atoms with Crippen molar-refractivity contribution in [1.82, 2.24) is 14.5 Å². The molecule has 4 heteroatoms. The fourth-order valence-electron chi connectivity index (χ4n) is 3.82. The number of benzene rings is 3. The van der Waals surface area contributed by atoms with Crippen molar-refractivity contribution < 1.29 is 4.74 Å². The highest BCUT2D eigenvalue weighted by Crippen LogP contribution is 2.30. The maximum atomic E-state index is 5.88. The van der Waals surface area contributed by atoms with Crippen molar-refractivity contribution in [3.05, 3.63) is 78.4 Å². The Kier molecular flexibility index (Phi) is 4.17. The van der Waals surface area contributed by atoms with Crippen LogP contribution in [0.3, 0.4) is 0 Å². The van der Waals surface area contributed by atoms with Gasteiger partial charge in [0.1, 0.15) is 11.3 Å². The lowest BCUT2D eigenvalue weighted by Crippen LogP contribution is -2.06. The molecule has 0 spiro atoms. The molecule has 0 aliphatic rings. The minimum Gasteiger partial charge on any atom is -0.494 e. The summed E-state index contributed by atoms with van der Waals surface area (Å²) in [5.74, 6) is 0.909. The van der Waals surface area contributed by atoms with Gasteiger partial charge in [0, 0.05) is 11.9 Å². The van der Waals surface area contributed by atoms with Crippen LogP contribution in [0.1, 0.15) is 12.0 Å². The van der Waals surface area contributed by atoms with Gasteiger partial charge in [0.05, 0.1) is 23.2 Å². The number of aromatic nitrogens is 3. The number of ether oxygens (including phenoxy) is 1. The second-order valence-electron chi connectivity index (χ2n) is 7.02. The summed E-state index contributed by atoms with van der Waals surface area (Å²) in [7, 11) is 0. The molecule has 0 saturated heterocycles. The summed E-state index contributed by atoms with van der Waals surface area (Å²) in [6.45, 7) is 3.65. The number of para-hydroxylation sites is 4. The molecule has 0 radical (unpaired) electrons. The first kappa shape index (κ1) is 16.8. The fraction of sp³-hybridized carbons (Fsp3) is 0.167. The van der Waals surface area contributed by atoms with Crippen molar-refractivity contribution in [2.24, 2.45) is 0 Å². The van der Waals surface area contributed by atoms with Gasteiger partial charge in [-0.25, -0.2) is 9.97 Å². The number of nitrogens with zero attached hydrogens (tertiary/aromatic N) is 3. The molecular weight excluding hydrogens is 346 g/mol. The van der Waals surface area contributed by atoms with Gasteiger partial charge in [0.25, 0.3) is 0 Å². The van der Waals surface area contributed by atoms with Gasteiger partial charge in [-0.3, -0.25) is 0 Å². The van der Waals surface area contributed by atoms with E-state index in [0.717, 1.165) is 46.3 Å². The highest BCUT2D eigenvalue weighted by atomic mass is 16.5. The third-order valence-electron chi connectivity index (χ3n) is 5.11. The van der Waals surface area contributed by atoms with Crippen LogP contribution < -0.4 is 4.74 Å². The standard InChI is InChI=1S/C24H21N3O/c1-17-9-7-12-19-22-24(26-21-14-6-5-13-20(21)25-22)27(23(17)19)15-8-16-28-18-10-3-2-4-11-18/h2-7,9-14H,8,15-16H2,1H3. The first-order valence-corrected chi connectivity index (χ1v) is 9.63. The second kappa shape index (κ2) is 6.97. The van der Waals surface area contributed by atoms with E-state index in [4.69, 9.17) is 14.7 Å². The van der Waals surface area contributed by atoms with E-state index in [1.807, 2.05) is 54.6 Å². The van der Waals surface area contributed by atoms with E-state index in [1.165, 1.54) is 11.1 Å². The zero-order valence-corrected chi connectivity index (χ0v) is 15.8. The molecule has 0 N–H and O–H groups in total. The number of fused-ring (bicyclic) bond motifs is 4. The Morgan fingerprint density at radius 2 is 1.57 bits per heavy atom. The zero-order valence-electron chi connectivity index (χ0n) is 15.8. The maximum absolute atomic E-state index is 5.88. The minimum absolute atomic E-state index is 0.665. The second-order valence-corrected chi connectivity index (χ2v) is 7.02. The van der Waals surface area contributed by atoms with Gasteiger partial charge in [-0.05, 0) is 43.2 Å². The summed E-state index contributed by atoms with van der Waals surface area (Å²) >= 11 is 0. The van der Waals surface area contributed by atoms with E-state index in [1.54, 1.807) is 0 Å². The lowest BCUT2D eigenvalue weighted by molar-refractivity contribution is 0.303. The van der Waals surface area contributed by atoms with Crippen LogP contribution in [0.15, 0.2) is 72.8 Å². The van der Waals surface area contributed by atoms with Crippen LogP contribution in [0.25, 0.3) is 33.1 Å². The highest BCUT2D eigenvalue weighted by Gasteiger charge is 2.15. The smallest absolute Gasteiger partial charge is 0.160 e. The maximum Gasteiger partial charge on any atom is 0.160 e. The monoisotopic (exact) mass is 367 g/mol.